The Morgan fingerprint density at radius 1 is 0.246 bits per heavy atom. The number of benzene rings is 8. The average molecular weight is 771 g/mol. The maximum absolute atomic E-state index is 11.5. The molecule has 57 heavy (non-hydrogen) atoms. The molecule has 0 aliphatic rings. The first-order valence-electron chi connectivity index (χ1n) is 16.8. The molecule has 15 nitrogen and oxygen atoms in total. The highest BCUT2D eigenvalue weighted by atomic mass is 16.4. The van der Waals surface area contributed by atoms with Crippen molar-refractivity contribution in [1.82, 2.24) is 0 Å². The Kier molecular flexibility index (Phi) is 6.94. The molecule has 284 valence electrons. The van der Waals surface area contributed by atoms with Crippen LogP contribution in [-0.2, 0) is 0 Å². The van der Waals surface area contributed by atoms with Crippen LogP contribution in [0.15, 0.2) is 77.2 Å². The van der Waals surface area contributed by atoms with Crippen molar-refractivity contribution in [3.63, 3.8) is 0 Å². The Hall–Kier alpha value is -8.46. The molecule has 14 N–H and O–H groups in total. The van der Waals surface area contributed by atoms with Gasteiger partial charge in [0.2, 0.25) is 34.5 Å². The lowest BCUT2D eigenvalue weighted by Gasteiger charge is -2.19. The highest BCUT2D eigenvalue weighted by Crippen LogP contribution is 2.61. The number of hydrogen-bond donors (Lipinski definition) is 14. The number of phenolic OH excluding ortho intramolecular Hbond substituents is 14. The summed E-state index contributed by atoms with van der Waals surface area (Å²) < 4.78 is 5.92. The molecule has 9 rings (SSSR count). The van der Waals surface area contributed by atoms with Crippen molar-refractivity contribution in [1.29, 1.82) is 0 Å². The largest absolute Gasteiger partial charge is 0.506 e. The maximum atomic E-state index is 11.5. The van der Waals surface area contributed by atoms with E-state index in [1.165, 1.54) is 12.1 Å². The van der Waals surface area contributed by atoms with Crippen molar-refractivity contribution in [3.05, 3.63) is 72.8 Å². The van der Waals surface area contributed by atoms with Gasteiger partial charge in [-0.1, -0.05) is 72.8 Å². The third-order valence-electron chi connectivity index (χ3n) is 10.4. The number of aromatic hydroxyl groups is 14. The third kappa shape index (κ3) is 4.29. The minimum absolute atomic E-state index is 0.114. The van der Waals surface area contributed by atoms with E-state index < -0.39 is 108 Å². The van der Waals surface area contributed by atoms with Gasteiger partial charge < -0.3 is 75.9 Å². The second kappa shape index (κ2) is 11.5. The average Bonchev–Trinajstić information content (AvgIpc) is 3.62. The predicted octanol–water partition coefficient (Wildman–Crippen LogP) is 7.92. The van der Waals surface area contributed by atoms with E-state index in [4.69, 9.17) is 4.42 Å². The molecule has 1 heterocycles. The van der Waals surface area contributed by atoms with Gasteiger partial charge in [-0.05, 0) is 38.2 Å². The normalized spacial score (nSPS) is 11.8. The van der Waals surface area contributed by atoms with E-state index in [-0.39, 0.29) is 27.8 Å². The van der Waals surface area contributed by atoms with E-state index in [0.29, 0.717) is 32.7 Å². The van der Waals surface area contributed by atoms with Crippen LogP contribution in [0.25, 0.3) is 87.6 Å². The summed E-state index contributed by atoms with van der Waals surface area (Å²) in [5.41, 5.74) is 0.116. The van der Waals surface area contributed by atoms with Crippen LogP contribution in [0.3, 0.4) is 0 Å². The molecule has 0 saturated carbocycles. The molecular formula is C42H26O15. The second-order valence-electron chi connectivity index (χ2n) is 13.3. The Bertz CT molecular complexity index is 3220. The fraction of sp³-hybridized carbons (Fsp3) is 0. The van der Waals surface area contributed by atoms with Gasteiger partial charge in [0, 0.05) is 5.56 Å². The standard InChI is InChI=1S/C42H26O15/c43-27-20(28(44)29(45)23-22(27)30(46)36(52)37(53)31(23)47)14-11-9-13(10-12-14)19-15-5-1-3-7-17(15)21(18-8-4-2-6-16(18)19)24-32(48)35(51)33(49)25-26-34(50)38(54)39(55)40(56)42(26)57-41(24)25/h1-12,43-56H. The zero-order chi connectivity index (χ0) is 40.5. The lowest BCUT2D eigenvalue weighted by atomic mass is 9.84. The summed E-state index contributed by atoms with van der Waals surface area (Å²) in [6, 6.07) is 20.1. The van der Waals surface area contributed by atoms with Gasteiger partial charge >= 0.3 is 0 Å². The van der Waals surface area contributed by atoms with Crippen LogP contribution in [-0.4, -0.2) is 71.5 Å². The van der Waals surface area contributed by atoms with Crippen LogP contribution in [0.1, 0.15) is 0 Å². The Balaban J connectivity index is 1.32. The number of phenols is 14. The lowest BCUT2D eigenvalue weighted by molar-refractivity contribution is 0.347. The van der Waals surface area contributed by atoms with Crippen LogP contribution in [0.2, 0.25) is 0 Å². The van der Waals surface area contributed by atoms with Gasteiger partial charge in [0.05, 0.1) is 32.7 Å². The van der Waals surface area contributed by atoms with Gasteiger partial charge in [0.15, 0.2) is 51.4 Å². The van der Waals surface area contributed by atoms with Crippen molar-refractivity contribution in [2.24, 2.45) is 0 Å². The summed E-state index contributed by atoms with van der Waals surface area (Å²) in [6.45, 7) is 0. The molecule has 0 amide bonds. The predicted molar refractivity (Wildman–Crippen MR) is 206 cm³/mol. The lowest BCUT2D eigenvalue weighted by Crippen LogP contribution is -1.92. The highest BCUT2D eigenvalue weighted by Gasteiger charge is 2.33. The molecule has 0 fully saturated rings. The van der Waals surface area contributed by atoms with Crippen molar-refractivity contribution in [3.8, 4) is 114 Å². The Morgan fingerprint density at radius 2 is 0.579 bits per heavy atom. The van der Waals surface area contributed by atoms with Crippen molar-refractivity contribution in [2.45, 2.75) is 0 Å². The van der Waals surface area contributed by atoms with Crippen molar-refractivity contribution < 1.29 is 75.9 Å². The van der Waals surface area contributed by atoms with Gasteiger partial charge in [0.25, 0.3) is 0 Å². The highest BCUT2D eigenvalue weighted by molar-refractivity contribution is 6.27. The molecule has 0 spiro atoms. The summed E-state index contributed by atoms with van der Waals surface area (Å²) in [5, 5.41) is 150. The molecule has 1 aromatic heterocycles. The second-order valence-corrected chi connectivity index (χ2v) is 13.3. The minimum atomic E-state index is -1.18. The van der Waals surface area contributed by atoms with Gasteiger partial charge in [-0.25, -0.2) is 0 Å². The number of hydrogen-bond acceptors (Lipinski definition) is 15. The molecule has 15 heteroatoms. The minimum Gasteiger partial charge on any atom is -0.506 e. The molecule has 0 atom stereocenters. The van der Waals surface area contributed by atoms with Gasteiger partial charge in [0.1, 0.15) is 5.75 Å². The molecule has 0 aliphatic heterocycles. The first-order valence-corrected chi connectivity index (χ1v) is 16.8. The van der Waals surface area contributed by atoms with E-state index >= 15 is 0 Å². The molecule has 8 aromatic carbocycles. The number of rotatable bonds is 3. The fourth-order valence-electron chi connectivity index (χ4n) is 7.78. The third-order valence-corrected chi connectivity index (χ3v) is 10.4. The van der Waals surface area contributed by atoms with Crippen molar-refractivity contribution >= 4 is 54.3 Å². The fourth-order valence-corrected chi connectivity index (χ4v) is 7.78. The number of furan rings is 1. The first kappa shape index (κ1) is 34.3. The summed E-state index contributed by atoms with van der Waals surface area (Å²) in [7, 11) is 0. The summed E-state index contributed by atoms with van der Waals surface area (Å²) in [4.78, 5) is 0. The molecule has 0 saturated heterocycles. The molecule has 0 bridgehead atoms. The molecular weight excluding hydrogens is 744 g/mol. The van der Waals surface area contributed by atoms with Crippen molar-refractivity contribution in [2.75, 3.05) is 0 Å². The molecule has 0 unspecified atom stereocenters. The van der Waals surface area contributed by atoms with E-state index in [2.05, 4.69) is 0 Å². The van der Waals surface area contributed by atoms with Crippen LogP contribution < -0.4 is 0 Å². The summed E-state index contributed by atoms with van der Waals surface area (Å²) in [5.74, 6) is -14.3. The monoisotopic (exact) mass is 770 g/mol. The molecule has 0 aliphatic carbocycles. The zero-order valence-corrected chi connectivity index (χ0v) is 28.6. The quantitative estimate of drug-likeness (QED) is 0.0461. The smallest absolute Gasteiger partial charge is 0.208 e. The van der Waals surface area contributed by atoms with Crippen LogP contribution in [0.5, 0.6) is 80.5 Å². The van der Waals surface area contributed by atoms with E-state index in [9.17, 15) is 71.5 Å². The Labute approximate surface area is 316 Å². The van der Waals surface area contributed by atoms with Crippen LogP contribution in [0.4, 0.5) is 0 Å². The zero-order valence-electron chi connectivity index (χ0n) is 28.6. The van der Waals surface area contributed by atoms with E-state index in [1.807, 2.05) is 0 Å². The van der Waals surface area contributed by atoms with E-state index in [1.54, 1.807) is 60.7 Å². The van der Waals surface area contributed by atoms with Gasteiger partial charge in [-0.2, -0.15) is 0 Å². The topological polar surface area (TPSA) is 296 Å². The Morgan fingerprint density at radius 3 is 1.07 bits per heavy atom. The molecule has 9 aromatic rings. The summed E-state index contributed by atoms with van der Waals surface area (Å²) in [6.07, 6.45) is 0. The number of fused-ring (bicyclic) bond motifs is 6. The first-order chi connectivity index (χ1) is 27.2. The van der Waals surface area contributed by atoms with Crippen LogP contribution >= 0.6 is 0 Å². The van der Waals surface area contributed by atoms with E-state index in [0.717, 1.165) is 0 Å². The van der Waals surface area contributed by atoms with Gasteiger partial charge in [-0.3, -0.25) is 0 Å². The maximum Gasteiger partial charge on any atom is 0.208 e. The summed E-state index contributed by atoms with van der Waals surface area (Å²) >= 11 is 0. The van der Waals surface area contributed by atoms with Crippen LogP contribution in [0, 0.1) is 0 Å². The van der Waals surface area contributed by atoms with Gasteiger partial charge in [-0.15, -0.1) is 0 Å². The SMILES string of the molecule is Oc1c(O)c(O)c2c(oc3c(-c4c5ccccc5c(-c5ccc(-c6c(O)c(O)c7c(O)c(O)c(O)c(O)c7c6O)cc5)c5ccccc45)c(O)c(O)c(O)c32)c1O. The molecule has 0 radical (unpaired) electrons.